The highest BCUT2D eigenvalue weighted by molar-refractivity contribution is 6.18. The second kappa shape index (κ2) is 7.56. The molecule has 4 nitrogen and oxygen atoms in total. The van der Waals surface area contributed by atoms with Crippen LogP contribution in [0.15, 0.2) is 72.8 Å². The summed E-state index contributed by atoms with van der Waals surface area (Å²) in [6.45, 7) is 3.39. The van der Waals surface area contributed by atoms with Crippen LogP contribution >= 0.6 is 0 Å². The molecule has 0 unspecified atom stereocenters. The molecule has 0 bridgehead atoms. The molecular formula is C27H24N2O2. The van der Waals surface area contributed by atoms with Gasteiger partial charge in [0.05, 0.1) is 12.1 Å². The third-order valence-corrected chi connectivity index (χ3v) is 6.12. The maximum atomic E-state index is 12.2. The molecule has 4 heteroatoms. The van der Waals surface area contributed by atoms with Crippen molar-refractivity contribution in [2.45, 2.75) is 20.1 Å². The molecule has 5 aromatic rings. The normalized spacial score (nSPS) is 11.5. The first-order chi connectivity index (χ1) is 15.1. The summed E-state index contributed by atoms with van der Waals surface area (Å²) in [6, 6.07) is 24.9. The van der Waals surface area contributed by atoms with Crippen LogP contribution in [0.25, 0.3) is 32.6 Å². The van der Waals surface area contributed by atoms with E-state index in [2.05, 4.69) is 72.2 Å². The quantitative estimate of drug-likeness (QED) is 0.414. The minimum Gasteiger partial charge on any atom is -0.380 e. The van der Waals surface area contributed by atoms with E-state index >= 15 is 0 Å². The molecule has 1 heterocycles. The molecule has 0 aliphatic rings. The molecule has 0 spiro atoms. The minimum atomic E-state index is -0.410. The van der Waals surface area contributed by atoms with Gasteiger partial charge in [-0.3, -0.25) is 4.79 Å². The number of fused-ring (bicyclic) bond motifs is 4. The molecule has 1 amide bonds. The average Bonchev–Trinajstić information content (AvgIpc) is 3.09. The largest absolute Gasteiger partial charge is 0.380 e. The molecule has 0 fully saturated rings. The number of aromatic nitrogens is 1. The van der Waals surface area contributed by atoms with Gasteiger partial charge in [0.25, 0.3) is 0 Å². The summed E-state index contributed by atoms with van der Waals surface area (Å²) in [7, 11) is 1.70. The van der Waals surface area contributed by atoms with E-state index in [1.807, 2.05) is 6.07 Å². The third-order valence-electron chi connectivity index (χ3n) is 6.12. The zero-order chi connectivity index (χ0) is 21.5. The molecule has 0 aliphatic heterocycles. The van der Waals surface area contributed by atoms with Crippen molar-refractivity contribution in [1.82, 2.24) is 4.57 Å². The van der Waals surface area contributed by atoms with Gasteiger partial charge in [-0.2, -0.15) is 0 Å². The SMILES string of the molecule is COCc1ccc2c3c(C(N)=O)cccc3n(Cc3c(C)ccc4ccccc34)c2c1. The number of hydrogen-bond acceptors (Lipinski definition) is 2. The van der Waals surface area contributed by atoms with Crippen LogP contribution in [0, 0.1) is 6.92 Å². The molecule has 1 aromatic heterocycles. The lowest BCUT2D eigenvalue weighted by atomic mass is 9.99. The summed E-state index contributed by atoms with van der Waals surface area (Å²) >= 11 is 0. The molecule has 4 aromatic carbocycles. The highest BCUT2D eigenvalue weighted by Gasteiger charge is 2.18. The van der Waals surface area contributed by atoms with Crippen molar-refractivity contribution >= 4 is 38.5 Å². The van der Waals surface area contributed by atoms with Gasteiger partial charge in [0.15, 0.2) is 0 Å². The fourth-order valence-corrected chi connectivity index (χ4v) is 4.63. The van der Waals surface area contributed by atoms with Gasteiger partial charge < -0.3 is 15.0 Å². The first kappa shape index (κ1) is 19.3. The Balaban J connectivity index is 1.84. The summed E-state index contributed by atoms with van der Waals surface area (Å²) in [6.07, 6.45) is 0. The topological polar surface area (TPSA) is 57.2 Å². The van der Waals surface area contributed by atoms with Gasteiger partial charge in [-0.25, -0.2) is 0 Å². The highest BCUT2D eigenvalue weighted by Crippen LogP contribution is 2.34. The number of nitrogens with two attached hydrogens (primary N) is 1. The van der Waals surface area contributed by atoms with E-state index in [1.165, 1.54) is 21.9 Å². The van der Waals surface area contributed by atoms with E-state index in [9.17, 15) is 4.79 Å². The molecule has 0 aliphatic carbocycles. The number of rotatable bonds is 5. The van der Waals surface area contributed by atoms with Crippen molar-refractivity contribution in [3.05, 3.63) is 95.1 Å². The lowest BCUT2D eigenvalue weighted by Crippen LogP contribution is -2.11. The van der Waals surface area contributed by atoms with Crippen LogP contribution in [0.1, 0.15) is 27.0 Å². The molecule has 5 rings (SSSR count). The van der Waals surface area contributed by atoms with Crippen LogP contribution in [0.2, 0.25) is 0 Å². The van der Waals surface area contributed by atoms with Gasteiger partial charge in [-0.15, -0.1) is 0 Å². The number of carbonyl (C=O) groups excluding carboxylic acids is 1. The van der Waals surface area contributed by atoms with Crippen molar-refractivity contribution in [3.8, 4) is 0 Å². The Morgan fingerprint density at radius 3 is 2.58 bits per heavy atom. The fraction of sp³-hybridized carbons (Fsp3) is 0.148. The molecule has 0 saturated heterocycles. The minimum absolute atomic E-state index is 0.410. The Kier molecular flexibility index (Phi) is 4.72. The van der Waals surface area contributed by atoms with E-state index in [0.29, 0.717) is 18.7 Å². The monoisotopic (exact) mass is 408 g/mol. The highest BCUT2D eigenvalue weighted by atomic mass is 16.5. The van der Waals surface area contributed by atoms with Crippen molar-refractivity contribution in [3.63, 3.8) is 0 Å². The van der Waals surface area contributed by atoms with Crippen molar-refractivity contribution in [2.24, 2.45) is 5.73 Å². The molecule has 0 saturated carbocycles. The van der Waals surface area contributed by atoms with E-state index in [0.717, 1.165) is 27.4 Å². The molecule has 2 N–H and O–H groups in total. The summed E-state index contributed by atoms with van der Waals surface area (Å²) in [5, 5.41) is 4.41. The summed E-state index contributed by atoms with van der Waals surface area (Å²) in [5.74, 6) is -0.410. The maximum absolute atomic E-state index is 12.2. The maximum Gasteiger partial charge on any atom is 0.249 e. The number of primary amides is 1. The number of methoxy groups -OCH3 is 1. The Morgan fingerprint density at radius 2 is 1.77 bits per heavy atom. The average molecular weight is 409 g/mol. The van der Waals surface area contributed by atoms with Gasteiger partial charge in [-0.1, -0.05) is 54.6 Å². The van der Waals surface area contributed by atoms with E-state index in [1.54, 1.807) is 13.2 Å². The number of benzene rings is 4. The number of nitrogens with zero attached hydrogens (tertiary/aromatic N) is 1. The van der Waals surface area contributed by atoms with Crippen molar-refractivity contribution in [2.75, 3.05) is 7.11 Å². The Labute approximate surface area is 180 Å². The lowest BCUT2D eigenvalue weighted by molar-refractivity contribution is 0.100. The van der Waals surface area contributed by atoms with Crippen LogP contribution < -0.4 is 5.73 Å². The van der Waals surface area contributed by atoms with Crippen LogP contribution in [0.4, 0.5) is 0 Å². The molecule has 0 atom stereocenters. The zero-order valence-corrected chi connectivity index (χ0v) is 17.7. The van der Waals surface area contributed by atoms with Crippen LogP contribution in [-0.4, -0.2) is 17.6 Å². The first-order valence-corrected chi connectivity index (χ1v) is 10.4. The zero-order valence-electron chi connectivity index (χ0n) is 17.7. The van der Waals surface area contributed by atoms with Crippen LogP contribution in [0.3, 0.4) is 0 Å². The van der Waals surface area contributed by atoms with E-state index in [4.69, 9.17) is 10.5 Å². The Hall–Kier alpha value is -3.63. The Bertz CT molecular complexity index is 1460. The second-order valence-electron chi connectivity index (χ2n) is 8.02. The molecular weight excluding hydrogens is 384 g/mol. The number of aryl methyl sites for hydroxylation is 1. The fourth-order valence-electron chi connectivity index (χ4n) is 4.63. The third kappa shape index (κ3) is 3.16. The molecule has 154 valence electrons. The number of amides is 1. The standard InChI is InChI=1S/C27H24N2O2/c1-17-10-12-19-6-3-4-7-20(19)23(17)15-29-24-9-5-8-22(27(28)30)26(24)21-13-11-18(16-31-2)14-25(21)29/h3-14H,15-16H2,1-2H3,(H2,28,30). The summed E-state index contributed by atoms with van der Waals surface area (Å²) in [5.41, 5.74) is 12.0. The van der Waals surface area contributed by atoms with Crippen molar-refractivity contribution in [1.29, 1.82) is 0 Å². The molecule has 31 heavy (non-hydrogen) atoms. The predicted octanol–water partition coefficient (Wildman–Crippen LogP) is 5.55. The van der Waals surface area contributed by atoms with Gasteiger partial charge in [-0.05, 0) is 52.6 Å². The smallest absolute Gasteiger partial charge is 0.249 e. The summed E-state index contributed by atoms with van der Waals surface area (Å²) < 4.78 is 7.66. The number of hydrogen-bond donors (Lipinski definition) is 1. The van der Waals surface area contributed by atoms with Crippen molar-refractivity contribution < 1.29 is 9.53 Å². The van der Waals surface area contributed by atoms with Gasteiger partial charge in [0, 0.05) is 35.5 Å². The van der Waals surface area contributed by atoms with Gasteiger partial charge in [0.2, 0.25) is 5.91 Å². The van der Waals surface area contributed by atoms with Gasteiger partial charge >= 0.3 is 0 Å². The predicted molar refractivity (Wildman–Crippen MR) is 126 cm³/mol. The van der Waals surface area contributed by atoms with Crippen LogP contribution in [-0.2, 0) is 17.9 Å². The van der Waals surface area contributed by atoms with E-state index < -0.39 is 5.91 Å². The number of carbonyl (C=O) groups is 1. The van der Waals surface area contributed by atoms with Crippen LogP contribution in [0.5, 0.6) is 0 Å². The number of ether oxygens (including phenoxy) is 1. The summed E-state index contributed by atoms with van der Waals surface area (Å²) in [4.78, 5) is 12.2. The lowest BCUT2D eigenvalue weighted by Gasteiger charge is -2.14. The van der Waals surface area contributed by atoms with Gasteiger partial charge in [0.1, 0.15) is 0 Å². The molecule has 0 radical (unpaired) electrons. The first-order valence-electron chi connectivity index (χ1n) is 10.4. The Morgan fingerprint density at radius 1 is 0.935 bits per heavy atom. The second-order valence-corrected chi connectivity index (χ2v) is 8.02. The van der Waals surface area contributed by atoms with E-state index in [-0.39, 0.29) is 0 Å².